The summed E-state index contributed by atoms with van der Waals surface area (Å²) in [6, 6.07) is 6.37. The first-order chi connectivity index (χ1) is 10.8. The van der Waals surface area contributed by atoms with Crippen molar-refractivity contribution >= 4 is 11.8 Å². The van der Waals surface area contributed by atoms with Crippen LogP contribution in [0.5, 0.6) is 0 Å². The van der Waals surface area contributed by atoms with Crippen molar-refractivity contribution in [1.29, 1.82) is 5.26 Å². The van der Waals surface area contributed by atoms with E-state index in [2.05, 4.69) is 10.6 Å². The fraction of sp³-hybridized carbons (Fsp3) is 0.529. The van der Waals surface area contributed by atoms with Gasteiger partial charge in [-0.15, -0.1) is 0 Å². The van der Waals surface area contributed by atoms with Gasteiger partial charge < -0.3 is 15.4 Å². The van der Waals surface area contributed by atoms with Gasteiger partial charge in [-0.1, -0.05) is 0 Å². The topological polar surface area (TPSA) is 74.2 Å². The van der Waals surface area contributed by atoms with Gasteiger partial charge in [0.25, 0.3) is 0 Å². The molecule has 1 aliphatic carbocycles. The van der Waals surface area contributed by atoms with Crippen LogP contribution >= 0.6 is 0 Å². The number of rotatable bonds is 3. The number of alkyl carbamates (subject to hydrolysis) is 1. The minimum atomic E-state index is -0.522. The van der Waals surface area contributed by atoms with Crippen LogP contribution in [0.4, 0.5) is 14.9 Å². The summed E-state index contributed by atoms with van der Waals surface area (Å²) >= 11 is 0. The van der Waals surface area contributed by atoms with Crippen molar-refractivity contribution < 1.29 is 13.9 Å². The number of hydrogen-bond acceptors (Lipinski definition) is 4. The number of halogens is 1. The average molecular weight is 319 g/mol. The van der Waals surface area contributed by atoms with Crippen molar-refractivity contribution in [2.45, 2.75) is 57.7 Å². The second-order valence-electron chi connectivity index (χ2n) is 6.80. The highest BCUT2D eigenvalue weighted by Gasteiger charge is 2.28. The molecular formula is C17H22FN3O2. The Morgan fingerprint density at radius 1 is 1.35 bits per heavy atom. The molecule has 1 fully saturated rings. The zero-order valence-electron chi connectivity index (χ0n) is 13.6. The summed E-state index contributed by atoms with van der Waals surface area (Å²) in [6.07, 6.45) is 1.93. The van der Waals surface area contributed by atoms with Gasteiger partial charge in [0.2, 0.25) is 0 Å². The number of nitriles is 1. The number of nitrogens with zero attached hydrogens (tertiary/aromatic N) is 1. The lowest BCUT2D eigenvalue weighted by atomic mass is 10.1. The average Bonchev–Trinajstić information content (AvgIpc) is 2.86. The van der Waals surface area contributed by atoms with Gasteiger partial charge in [0, 0.05) is 12.1 Å². The molecule has 6 heteroatoms. The van der Waals surface area contributed by atoms with E-state index in [0.29, 0.717) is 17.7 Å². The highest BCUT2D eigenvalue weighted by Crippen LogP contribution is 2.25. The number of anilines is 1. The van der Waals surface area contributed by atoms with Gasteiger partial charge >= 0.3 is 6.09 Å². The number of hydrogen-bond donors (Lipinski definition) is 2. The molecule has 2 atom stereocenters. The standard InChI is InChI=1S/C17H22FN3O2/c1-17(2,3)23-16(22)21-13-6-5-12(9-13)20-15-7-4-11(10-19)8-14(15)18/h4,7-8,12-13,20H,5-6,9H2,1-3H3,(H,21,22). The smallest absolute Gasteiger partial charge is 0.407 e. The van der Waals surface area contributed by atoms with E-state index in [9.17, 15) is 9.18 Å². The van der Waals surface area contributed by atoms with Crippen molar-refractivity contribution in [3.8, 4) is 6.07 Å². The normalized spacial score (nSPS) is 20.7. The zero-order valence-corrected chi connectivity index (χ0v) is 13.6. The first kappa shape index (κ1) is 17.1. The molecule has 0 bridgehead atoms. The molecule has 0 aliphatic heterocycles. The van der Waals surface area contributed by atoms with E-state index in [-0.39, 0.29) is 12.1 Å². The van der Waals surface area contributed by atoms with E-state index < -0.39 is 17.5 Å². The molecule has 1 saturated carbocycles. The third kappa shape index (κ3) is 5.13. The maximum Gasteiger partial charge on any atom is 0.407 e. The quantitative estimate of drug-likeness (QED) is 0.893. The number of ether oxygens (including phenoxy) is 1. The maximum absolute atomic E-state index is 13.9. The second-order valence-corrected chi connectivity index (χ2v) is 6.80. The minimum absolute atomic E-state index is 0.0174. The van der Waals surface area contributed by atoms with Gasteiger partial charge in [0.1, 0.15) is 11.4 Å². The fourth-order valence-corrected chi connectivity index (χ4v) is 2.64. The van der Waals surface area contributed by atoms with E-state index in [1.807, 2.05) is 26.8 Å². The molecule has 0 heterocycles. The predicted molar refractivity (Wildman–Crippen MR) is 85.5 cm³/mol. The van der Waals surface area contributed by atoms with E-state index in [1.54, 1.807) is 12.1 Å². The molecule has 23 heavy (non-hydrogen) atoms. The van der Waals surface area contributed by atoms with Crippen molar-refractivity contribution in [3.05, 3.63) is 29.6 Å². The summed E-state index contributed by atoms with van der Waals surface area (Å²) in [5.41, 5.74) is 0.155. The zero-order chi connectivity index (χ0) is 17.0. The molecule has 1 amide bonds. The Labute approximate surface area is 135 Å². The summed E-state index contributed by atoms with van der Waals surface area (Å²) in [5.74, 6) is -0.437. The number of nitrogens with one attached hydrogen (secondary N) is 2. The Bertz CT molecular complexity index is 619. The van der Waals surface area contributed by atoms with Gasteiger partial charge in [-0.3, -0.25) is 0 Å². The third-order valence-corrected chi connectivity index (χ3v) is 3.61. The molecule has 124 valence electrons. The van der Waals surface area contributed by atoms with Gasteiger partial charge in [-0.05, 0) is 58.2 Å². The van der Waals surface area contributed by atoms with Crippen LogP contribution < -0.4 is 10.6 Å². The summed E-state index contributed by atoms with van der Waals surface area (Å²) in [5, 5.41) is 14.7. The van der Waals surface area contributed by atoms with Crippen LogP contribution in [-0.2, 0) is 4.74 Å². The summed E-state index contributed by atoms with van der Waals surface area (Å²) in [6.45, 7) is 5.46. The van der Waals surface area contributed by atoms with Crippen LogP contribution in [0.1, 0.15) is 45.6 Å². The summed E-state index contributed by atoms with van der Waals surface area (Å²) < 4.78 is 19.1. The van der Waals surface area contributed by atoms with Crippen molar-refractivity contribution in [1.82, 2.24) is 5.32 Å². The first-order valence-corrected chi connectivity index (χ1v) is 7.72. The van der Waals surface area contributed by atoms with E-state index in [1.165, 1.54) is 6.07 Å². The molecular weight excluding hydrogens is 297 g/mol. The molecule has 0 aromatic heterocycles. The van der Waals surface area contributed by atoms with Crippen molar-refractivity contribution in [2.24, 2.45) is 0 Å². The Kier molecular flexibility index (Phi) is 5.09. The van der Waals surface area contributed by atoms with E-state index in [0.717, 1.165) is 12.8 Å². The second kappa shape index (κ2) is 6.86. The van der Waals surface area contributed by atoms with Crippen molar-refractivity contribution in [3.63, 3.8) is 0 Å². The Morgan fingerprint density at radius 3 is 2.65 bits per heavy atom. The molecule has 2 N–H and O–H groups in total. The lowest BCUT2D eigenvalue weighted by Gasteiger charge is -2.22. The summed E-state index contributed by atoms with van der Waals surface area (Å²) in [4.78, 5) is 11.8. The molecule has 0 radical (unpaired) electrons. The first-order valence-electron chi connectivity index (χ1n) is 7.72. The highest BCUT2D eigenvalue weighted by atomic mass is 19.1. The summed E-state index contributed by atoms with van der Waals surface area (Å²) in [7, 11) is 0. The van der Waals surface area contributed by atoms with Gasteiger partial charge in [-0.25, -0.2) is 9.18 Å². The predicted octanol–water partition coefficient (Wildman–Crippen LogP) is 3.56. The van der Waals surface area contributed by atoms with Crippen LogP contribution in [-0.4, -0.2) is 23.8 Å². The lowest BCUT2D eigenvalue weighted by molar-refractivity contribution is 0.0505. The van der Waals surface area contributed by atoms with E-state index in [4.69, 9.17) is 10.00 Å². The molecule has 0 spiro atoms. The Balaban J connectivity index is 1.86. The largest absolute Gasteiger partial charge is 0.444 e. The molecule has 1 aliphatic rings. The maximum atomic E-state index is 13.9. The van der Waals surface area contributed by atoms with Crippen LogP contribution in [0.15, 0.2) is 18.2 Å². The van der Waals surface area contributed by atoms with Crippen LogP contribution in [0.2, 0.25) is 0 Å². The molecule has 2 unspecified atom stereocenters. The number of carbonyl (C=O) groups is 1. The minimum Gasteiger partial charge on any atom is -0.444 e. The molecule has 0 saturated heterocycles. The molecule has 5 nitrogen and oxygen atoms in total. The monoisotopic (exact) mass is 319 g/mol. The molecule has 2 rings (SSSR count). The SMILES string of the molecule is CC(C)(C)OC(=O)NC1CCC(Nc2ccc(C#N)cc2F)C1. The van der Waals surface area contributed by atoms with Gasteiger partial charge in [-0.2, -0.15) is 5.26 Å². The van der Waals surface area contributed by atoms with Crippen LogP contribution in [0.25, 0.3) is 0 Å². The molecule has 1 aromatic rings. The van der Waals surface area contributed by atoms with Crippen molar-refractivity contribution in [2.75, 3.05) is 5.32 Å². The third-order valence-electron chi connectivity index (χ3n) is 3.61. The van der Waals surface area contributed by atoms with Crippen LogP contribution in [0, 0.1) is 17.1 Å². The fourth-order valence-electron chi connectivity index (χ4n) is 2.64. The number of carbonyl (C=O) groups excluding carboxylic acids is 1. The van der Waals surface area contributed by atoms with E-state index >= 15 is 0 Å². The van der Waals surface area contributed by atoms with Gasteiger partial charge in [0.15, 0.2) is 0 Å². The van der Waals surface area contributed by atoms with Gasteiger partial charge in [0.05, 0.1) is 17.3 Å². The highest BCUT2D eigenvalue weighted by molar-refractivity contribution is 5.68. The number of amides is 1. The Hall–Kier alpha value is -2.29. The molecule has 1 aromatic carbocycles. The van der Waals surface area contributed by atoms with Crippen LogP contribution in [0.3, 0.4) is 0 Å². The lowest BCUT2D eigenvalue weighted by Crippen LogP contribution is -2.38. The Morgan fingerprint density at radius 2 is 2.04 bits per heavy atom. The number of benzene rings is 1.